The lowest BCUT2D eigenvalue weighted by Gasteiger charge is -2.05. The Morgan fingerprint density at radius 2 is 2.17 bits per heavy atom. The maximum Gasteiger partial charge on any atom is 0.339 e. The number of hydrogen-bond donors (Lipinski definition) is 0. The van der Waals surface area contributed by atoms with Crippen molar-refractivity contribution in [2.75, 3.05) is 6.61 Å². The minimum atomic E-state index is -0.629. The molecule has 0 aromatic heterocycles. The summed E-state index contributed by atoms with van der Waals surface area (Å²) in [6.45, 7) is 2.34. The van der Waals surface area contributed by atoms with Crippen LogP contribution in [0.2, 0.25) is 5.02 Å². The summed E-state index contributed by atoms with van der Waals surface area (Å²) in [5, 5.41) is 10.5. The van der Waals surface area contributed by atoms with E-state index in [1.165, 1.54) is 18.2 Å². The molecule has 1 aromatic carbocycles. The molecule has 0 atom stereocenters. The molecule has 0 fully saturated rings. The van der Waals surface area contributed by atoms with E-state index in [1.54, 1.807) is 0 Å². The fourth-order valence-electron chi connectivity index (χ4n) is 1.41. The molecule has 0 saturated heterocycles. The first-order valence-electron chi connectivity index (χ1n) is 5.68. The molecule has 5 nitrogen and oxygen atoms in total. The zero-order valence-electron chi connectivity index (χ0n) is 10.0. The minimum Gasteiger partial charge on any atom is -0.462 e. The number of nitro benzene ring substituents is 1. The lowest BCUT2D eigenvalue weighted by molar-refractivity contribution is -0.384. The van der Waals surface area contributed by atoms with Crippen molar-refractivity contribution in [3.63, 3.8) is 0 Å². The van der Waals surface area contributed by atoms with Gasteiger partial charge in [0.05, 0.1) is 17.1 Å². The number of ether oxygens (including phenoxy) is 1. The molecule has 0 amide bonds. The Bertz CT molecular complexity index is 448. The monoisotopic (exact) mass is 271 g/mol. The van der Waals surface area contributed by atoms with Gasteiger partial charge in [-0.2, -0.15) is 0 Å². The average molecular weight is 272 g/mol. The predicted molar refractivity (Wildman–Crippen MR) is 67.9 cm³/mol. The molecule has 18 heavy (non-hydrogen) atoms. The summed E-state index contributed by atoms with van der Waals surface area (Å²) in [5.74, 6) is -0.625. The van der Waals surface area contributed by atoms with Crippen molar-refractivity contribution in [2.45, 2.75) is 26.2 Å². The number of rotatable bonds is 6. The lowest BCUT2D eigenvalue weighted by atomic mass is 10.2. The zero-order valence-corrected chi connectivity index (χ0v) is 10.8. The molecule has 0 bridgehead atoms. The molecule has 0 aliphatic heterocycles. The topological polar surface area (TPSA) is 69.4 Å². The maximum atomic E-state index is 11.7. The van der Waals surface area contributed by atoms with Gasteiger partial charge in [-0.15, -0.1) is 0 Å². The summed E-state index contributed by atoms with van der Waals surface area (Å²) in [5.41, 5.74) is -0.262. The molecule has 0 aliphatic carbocycles. The van der Waals surface area contributed by atoms with E-state index in [0.29, 0.717) is 6.61 Å². The van der Waals surface area contributed by atoms with Gasteiger partial charge >= 0.3 is 5.97 Å². The van der Waals surface area contributed by atoms with Crippen LogP contribution in [0, 0.1) is 10.1 Å². The van der Waals surface area contributed by atoms with Crippen LogP contribution in [0.4, 0.5) is 5.69 Å². The quantitative estimate of drug-likeness (QED) is 0.343. The Labute approximate surface area is 110 Å². The fraction of sp³-hybridized carbons (Fsp3) is 0.417. The van der Waals surface area contributed by atoms with E-state index < -0.39 is 10.9 Å². The van der Waals surface area contributed by atoms with Gasteiger partial charge in [-0.3, -0.25) is 10.1 Å². The highest BCUT2D eigenvalue weighted by molar-refractivity contribution is 6.35. The van der Waals surface area contributed by atoms with Gasteiger partial charge in [0.15, 0.2) is 0 Å². The van der Waals surface area contributed by atoms with Crippen LogP contribution in [0.25, 0.3) is 0 Å². The number of hydrogen-bond acceptors (Lipinski definition) is 4. The van der Waals surface area contributed by atoms with Gasteiger partial charge in [0.2, 0.25) is 0 Å². The van der Waals surface area contributed by atoms with E-state index in [1.807, 2.05) is 6.92 Å². The standard InChI is InChI=1S/C12H14ClNO4/c1-2-3-4-8-18-12(15)9-6-5-7-10(11(9)13)14(16)17/h5-7H,2-4,8H2,1H3. The van der Waals surface area contributed by atoms with Crippen molar-refractivity contribution in [2.24, 2.45) is 0 Å². The number of carbonyl (C=O) groups excluding carboxylic acids is 1. The smallest absolute Gasteiger partial charge is 0.339 e. The zero-order chi connectivity index (χ0) is 13.5. The van der Waals surface area contributed by atoms with Crippen molar-refractivity contribution in [3.8, 4) is 0 Å². The van der Waals surface area contributed by atoms with Crippen LogP contribution in [-0.4, -0.2) is 17.5 Å². The largest absolute Gasteiger partial charge is 0.462 e. The van der Waals surface area contributed by atoms with E-state index in [-0.39, 0.29) is 16.3 Å². The predicted octanol–water partition coefficient (Wildman–Crippen LogP) is 3.60. The lowest BCUT2D eigenvalue weighted by Crippen LogP contribution is -2.08. The number of halogens is 1. The normalized spacial score (nSPS) is 10.1. The third-order valence-corrected chi connectivity index (χ3v) is 2.77. The van der Waals surface area contributed by atoms with Crippen molar-refractivity contribution in [1.29, 1.82) is 0 Å². The maximum absolute atomic E-state index is 11.7. The number of carbonyl (C=O) groups is 1. The van der Waals surface area contributed by atoms with Crippen LogP contribution in [0.15, 0.2) is 18.2 Å². The first-order chi connectivity index (χ1) is 8.57. The number of unbranched alkanes of at least 4 members (excludes halogenated alkanes) is 2. The van der Waals surface area contributed by atoms with Gasteiger partial charge in [0, 0.05) is 6.07 Å². The van der Waals surface area contributed by atoms with Crippen LogP contribution in [0.5, 0.6) is 0 Å². The van der Waals surface area contributed by atoms with E-state index in [2.05, 4.69) is 0 Å². The van der Waals surface area contributed by atoms with E-state index >= 15 is 0 Å². The summed E-state index contributed by atoms with van der Waals surface area (Å²) in [6, 6.07) is 4.07. The highest BCUT2D eigenvalue weighted by Crippen LogP contribution is 2.28. The van der Waals surface area contributed by atoms with Crippen LogP contribution in [0.3, 0.4) is 0 Å². The van der Waals surface area contributed by atoms with E-state index in [4.69, 9.17) is 16.3 Å². The number of nitro groups is 1. The Morgan fingerprint density at radius 1 is 1.44 bits per heavy atom. The Kier molecular flexibility index (Phi) is 5.58. The fourth-order valence-corrected chi connectivity index (χ4v) is 1.69. The minimum absolute atomic E-state index is 0.0300. The highest BCUT2D eigenvalue weighted by Gasteiger charge is 2.20. The van der Waals surface area contributed by atoms with Crippen LogP contribution in [0.1, 0.15) is 36.5 Å². The van der Waals surface area contributed by atoms with Crippen molar-refractivity contribution in [3.05, 3.63) is 38.9 Å². The van der Waals surface area contributed by atoms with Gasteiger partial charge in [-0.05, 0) is 12.5 Å². The molecule has 0 radical (unpaired) electrons. The summed E-state index contributed by atoms with van der Waals surface area (Å²) >= 11 is 5.80. The van der Waals surface area contributed by atoms with Gasteiger partial charge in [0.1, 0.15) is 5.02 Å². The molecular formula is C12H14ClNO4. The molecule has 0 spiro atoms. The number of nitrogens with zero attached hydrogens (tertiary/aromatic N) is 1. The second-order valence-corrected chi connectivity index (χ2v) is 4.12. The van der Waals surface area contributed by atoms with Crippen LogP contribution in [-0.2, 0) is 4.74 Å². The molecule has 1 aromatic rings. The molecule has 0 heterocycles. The average Bonchev–Trinajstić information content (AvgIpc) is 2.34. The number of benzene rings is 1. The third-order valence-electron chi connectivity index (χ3n) is 2.38. The second kappa shape index (κ2) is 6.96. The van der Waals surface area contributed by atoms with Crippen molar-refractivity contribution in [1.82, 2.24) is 0 Å². The van der Waals surface area contributed by atoms with Crippen LogP contribution < -0.4 is 0 Å². The van der Waals surface area contributed by atoms with Gasteiger partial charge in [-0.1, -0.05) is 37.4 Å². The molecule has 0 N–H and O–H groups in total. The molecule has 0 aliphatic rings. The molecule has 0 unspecified atom stereocenters. The Hall–Kier alpha value is -1.62. The molecule has 6 heteroatoms. The first kappa shape index (κ1) is 14.4. The van der Waals surface area contributed by atoms with E-state index in [0.717, 1.165) is 19.3 Å². The Morgan fingerprint density at radius 3 is 2.78 bits per heavy atom. The van der Waals surface area contributed by atoms with Gasteiger partial charge in [-0.25, -0.2) is 4.79 Å². The highest BCUT2D eigenvalue weighted by atomic mass is 35.5. The van der Waals surface area contributed by atoms with Crippen molar-refractivity contribution < 1.29 is 14.5 Å². The van der Waals surface area contributed by atoms with Crippen LogP contribution >= 0.6 is 11.6 Å². The molecule has 98 valence electrons. The first-order valence-corrected chi connectivity index (χ1v) is 6.05. The molecule has 0 saturated carbocycles. The van der Waals surface area contributed by atoms with E-state index in [9.17, 15) is 14.9 Å². The molecular weight excluding hydrogens is 258 g/mol. The second-order valence-electron chi connectivity index (χ2n) is 3.74. The number of esters is 1. The van der Waals surface area contributed by atoms with Crippen molar-refractivity contribution >= 4 is 23.3 Å². The summed E-state index contributed by atoms with van der Waals surface area (Å²) in [4.78, 5) is 21.7. The summed E-state index contributed by atoms with van der Waals surface area (Å²) in [7, 11) is 0. The SMILES string of the molecule is CCCCCOC(=O)c1cccc([N+](=O)[O-])c1Cl. The van der Waals surface area contributed by atoms with Gasteiger partial charge in [0.25, 0.3) is 5.69 Å². The Balaban J connectivity index is 2.74. The summed E-state index contributed by atoms with van der Waals surface area (Å²) in [6.07, 6.45) is 2.76. The molecule has 1 rings (SSSR count). The van der Waals surface area contributed by atoms with Gasteiger partial charge < -0.3 is 4.74 Å². The summed E-state index contributed by atoms with van der Waals surface area (Å²) < 4.78 is 5.00. The third kappa shape index (κ3) is 3.70.